The van der Waals surface area contributed by atoms with Gasteiger partial charge in [0, 0.05) is 51.5 Å². The average Bonchev–Trinajstić information content (AvgIpc) is 3.53. The highest BCUT2D eigenvalue weighted by Crippen LogP contribution is 2.15. The predicted octanol–water partition coefficient (Wildman–Crippen LogP) is 4.01. The lowest BCUT2D eigenvalue weighted by Crippen LogP contribution is -2.32. The van der Waals surface area contributed by atoms with Crippen LogP contribution in [0.3, 0.4) is 0 Å². The molecule has 0 aliphatic carbocycles. The number of hydrogen-bond acceptors (Lipinski definition) is 6. The molecular formula is C28H45N7O2S. The summed E-state index contributed by atoms with van der Waals surface area (Å²) in [5, 5.41) is 0. The van der Waals surface area contributed by atoms with Gasteiger partial charge in [-0.1, -0.05) is 38.1 Å². The van der Waals surface area contributed by atoms with Crippen molar-refractivity contribution in [3.8, 4) is 0 Å². The highest BCUT2D eigenvalue weighted by atomic mass is 32.2. The Morgan fingerprint density at radius 3 is 2.03 bits per heavy atom. The summed E-state index contributed by atoms with van der Waals surface area (Å²) in [7, 11) is -1.28. The largest absolute Gasteiger partial charge is 0.348 e. The molecule has 0 unspecified atom stereocenters. The molecule has 0 fully saturated rings. The highest BCUT2D eigenvalue weighted by molar-refractivity contribution is 7.88. The first-order valence-electron chi connectivity index (χ1n) is 13.7. The van der Waals surface area contributed by atoms with Crippen LogP contribution in [0.1, 0.15) is 62.3 Å². The van der Waals surface area contributed by atoms with Gasteiger partial charge in [-0.15, -0.1) is 0 Å². The topological polar surface area (TPSA) is 90.4 Å². The Bertz CT molecular complexity index is 1150. The van der Waals surface area contributed by atoms with E-state index in [2.05, 4.69) is 50.7 Å². The van der Waals surface area contributed by atoms with Crippen molar-refractivity contribution in [2.24, 2.45) is 7.05 Å². The van der Waals surface area contributed by atoms with E-state index < -0.39 is 10.0 Å². The molecule has 1 aromatic carbocycles. The SMILES string of the molecule is CCCN(CCC)CCCCN(Cc1ccc(CN(Cc2ncc[nH]2)Cc2nccn2C)cc1)S(C)(=O)=O. The van der Waals surface area contributed by atoms with Crippen molar-refractivity contribution in [2.45, 2.75) is 65.7 Å². The number of rotatable bonds is 18. The van der Waals surface area contributed by atoms with Crippen molar-refractivity contribution < 1.29 is 8.42 Å². The minimum Gasteiger partial charge on any atom is -0.348 e. The van der Waals surface area contributed by atoms with Crippen LogP contribution in [-0.2, 0) is 43.2 Å². The number of hydrogen-bond donors (Lipinski definition) is 1. The highest BCUT2D eigenvalue weighted by Gasteiger charge is 2.17. The summed E-state index contributed by atoms with van der Waals surface area (Å²) in [6.07, 6.45) is 12.9. The molecule has 0 spiro atoms. The molecule has 1 N–H and O–H groups in total. The minimum atomic E-state index is -3.28. The van der Waals surface area contributed by atoms with Crippen LogP contribution < -0.4 is 0 Å². The molecule has 10 heteroatoms. The fourth-order valence-electron chi connectivity index (χ4n) is 4.68. The van der Waals surface area contributed by atoms with Crippen LogP contribution >= 0.6 is 0 Å². The lowest BCUT2D eigenvalue weighted by atomic mass is 10.1. The van der Waals surface area contributed by atoms with E-state index in [1.165, 1.54) is 6.26 Å². The molecule has 2 aromatic heterocycles. The molecule has 0 bridgehead atoms. The Morgan fingerprint density at radius 2 is 1.47 bits per heavy atom. The number of unbranched alkanes of at least 4 members (excludes halogenated alkanes) is 1. The number of imidazole rings is 2. The summed E-state index contributed by atoms with van der Waals surface area (Å²) in [5.74, 6) is 1.90. The van der Waals surface area contributed by atoms with Gasteiger partial charge in [0.05, 0.1) is 19.3 Å². The molecule has 0 saturated carbocycles. The zero-order valence-electron chi connectivity index (χ0n) is 23.5. The minimum absolute atomic E-state index is 0.399. The van der Waals surface area contributed by atoms with Crippen LogP contribution in [0, 0.1) is 0 Å². The Kier molecular flexibility index (Phi) is 12.0. The van der Waals surface area contributed by atoms with Crippen LogP contribution in [0.15, 0.2) is 49.1 Å². The molecule has 38 heavy (non-hydrogen) atoms. The smallest absolute Gasteiger partial charge is 0.211 e. The first-order valence-corrected chi connectivity index (χ1v) is 15.6. The van der Waals surface area contributed by atoms with Crippen molar-refractivity contribution in [3.05, 3.63) is 71.8 Å². The third-order valence-electron chi connectivity index (χ3n) is 6.68. The van der Waals surface area contributed by atoms with E-state index in [4.69, 9.17) is 0 Å². The molecular weight excluding hydrogens is 498 g/mol. The second-order valence-electron chi connectivity index (χ2n) is 10.1. The summed E-state index contributed by atoms with van der Waals surface area (Å²) in [6.45, 7) is 10.7. The van der Waals surface area contributed by atoms with E-state index in [9.17, 15) is 8.42 Å². The molecule has 9 nitrogen and oxygen atoms in total. The Morgan fingerprint density at radius 1 is 0.816 bits per heavy atom. The average molecular weight is 544 g/mol. The maximum Gasteiger partial charge on any atom is 0.211 e. The predicted molar refractivity (Wildman–Crippen MR) is 153 cm³/mol. The number of sulfonamides is 1. The van der Waals surface area contributed by atoms with Gasteiger partial charge in [-0.25, -0.2) is 18.4 Å². The van der Waals surface area contributed by atoms with Gasteiger partial charge in [-0.2, -0.15) is 4.31 Å². The first kappa shape index (κ1) is 30.0. The fraction of sp³-hybridized carbons (Fsp3) is 0.571. The van der Waals surface area contributed by atoms with E-state index in [1.807, 2.05) is 42.3 Å². The molecule has 3 rings (SSSR count). The number of aromatic nitrogens is 4. The van der Waals surface area contributed by atoms with E-state index >= 15 is 0 Å². The molecule has 0 aliphatic heterocycles. The molecule has 210 valence electrons. The molecule has 0 saturated heterocycles. The molecule has 2 heterocycles. The zero-order valence-corrected chi connectivity index (χ0v) is 24.3. The Balaban J connectivity index is 1.58. The fourth-order valence-corrected chi connectivity index (χ4v) is 5.52. The summed E-state index contributed by atoms with van der Waals surface area (Å²) in [4.78, 5) is 16.8. The number of aromatic amines is 1. The third kappa shape index (κ3) is 9.98. The normalized spacial score (nSPS) is 12.3. The quantitative estimate of drug-likeness (QED) is 0.244. The van der Waals surface area contributed by atoms with Crippen molar-refractivity contribution in [3.63, 3.8) is 0 Å². The van der Waals surface area contributed by atoms with Gasteiger partial charge in [0.1, 0.15) is 11.6 Å². The van der Waals surface area contributed by atoms with Crippen LogP contribution in [0.25, 0.3) is 0 Å². The van der Waals surface area contributed by atoms with Crippen molar-refractivity contribution in [1.82, 2.24) is 33.6 Å². The van der Waals surface area contributed by atoms with Gasteiger partial charge in [-0.3, -0.25) is 4.90 Å². The summed E-state index contributed by atoms with van der Waals surface area (Å²) in [5.41, 5.74) is 2.16. The molecule has 0 atom stereocenters. The summed E-state index contributed by atoms with van der Waals surface area (Å²) < 4.78 is 28.6. The molecule has 0 radical (unpaired) electrons. The second kappa shape index (κ2) is 15.2. The van der Waals surface area contributed by atoms with Crippen LogP contribution in [0.2, 0.25) is 0 Å². The third-order valence-corrected chi connectivity index (χ3v) is 7.93. The Labute approximate surface area is 228 Å². The second-order valence-corrected chi connectivity index (χ2v) is 12.1. The number of nitrogens with zero attached hydrogens (tertiary/aromatic N) is 6. The van der Waals surface area contributed by atoms with Gasteiger partial charge < -0.3 is 14.5 Å². The van der Waals surface area contributed by atoms with E-state index in [0.29, 0.717) is 26.2 Å². The number of H-pyrrole nitrogens is 1. The number of benzene rings is 1. The lowest BCUT2D eigenvalue weighted by molar-refractivity contribution is 0.233. The van der Waals surface area contributed by atoms with E-state index in [1.54, 1.807) is 10.5 Å². The van der Waals surface area contributed by atoms with Gasteiger partial charge in [0.15, 0.2) is 0 Å². The van der Waals surface area contributed by atoms with Crippen LogP contribution in [0.5, 0.6) is 0 Å². The zero-order chi connectivity index (χ0) is 27.4. The number of aryl methyl sites for hydroxylation is 1. The van der Waals surface area contributed by atoms with Crippen molar-refractivity contribution >= 4 is 10.0 Å². The van der Waals surface area contributed by atoms with Gasteiger partial charge in [0.25, 0.3) is 0 Å². The van der Waals surface area contributed by atoms with Crippen LogP contribution in [0.4, 0.5) is 0 Å². The monoisotopic (exact) mass is 543 g/mol. The van der Waals surface area contributed by atoms with Crippen LogP contribution in [-0.4, -0.2) is 74.5 Å². The lowest BCUT2D eigenvalue weighted by Gasteiger charge is -2.23. The number of nitrogens with one attached hydrogen (secondary N) is 1. The molecule has 0 amide bonds. The summed E-state index contributed by atoms with van der Waals surface area (Å²) in [6, 6.07) is 8.28. The van der Waals surface area contributed by atoms with Gasteiger partial charge in [-0.05, 0) is 56.4 Å². The standard InChI is InChI=1S/C28H45N7O2S/c1-5-16-33(17-6-2)18-7-8-19-35(38(4,36)37)22-26-11-9-25(10-12-26)21-34(23-27-29-13-14-30-27)24-28-31-15-20-32(28)3/h9-15,20H,5-8,16-19,21-24H2,1-4H3,(H,29,30). The molecule has 3 aromatic rings. The van der Waals surface area contributed by atoms with Crippen molar-refractivity contribution in [1.29, 1.82) is 0 Å². The van der Waals surface area contributed by atoms with Gasteiger partial charge >= 0.3 is 0 Å². The maximum atomic E-state index is 12.5. The maximum absolute atomic E-state index is 12.5. The first-order chi connectivity index (χ1) is 18.3. The van der Waals surface area contributed by atoms with E-state index in [0.717, 1.165) is 74.6 Å². The Hall–Kier alpha value is -2.53. The summed E-state index contributed by atoms with van der Waals surface area (Å²) >= 11 is 0. The van der Waals surface area contributed by atoms with E-state index in [-0.39, 0.29) is 0 Å². The van der Waals surface area contributed by atoms with Crippen molar-refractivity contribution in [2.75, 3.05) is 32.4 Å². The van der Waals surface area contributed by atoms with Gasteiger partial charge in [0.2, 0.25) is 10.0 Å². The molecule has 0 aliphatic rings.